The third-order valence-corrected chi connectivity index (χ3v) is 2.74. The van der Waals surface area contributed by atoms with E-state index in [4.69, 9.17) is 11.6 Å². The Bertz CT molecular complexity index is 465. The van der Waals surface area contributed by atoms with Crippen LogP contribution < -0.4 is 5.32 Å². The maximum atomic E-state index is 6.12. The molecule has 0 unspecified atom stereocenters. The molecule has 1 aromatic carbocycles. The quantitative estimate of drug-likeness (QED) is 0.882. The topological polar surface area (TPSA) is 29.9 Å². The molecule has 0 amide bonds. The maximum absolute atomic E-state index is 6.12. The fraction of sp³-hybridized carbons (Fsp3) is 0.250. The molecular formula is C12H14ClN3. The first-order valence-electron chi connectivity index (χ1n) is 5.23. The van der Waals surface area contributed by atoms with Gasteiger partial charge in [0.1, 0.15) is 0 Å². The van der Waals surface area contributed by atoms with E-state index in [9.17, 15) is 0 Å². The van der Waals surface area contributed by atoms with Crippen molar-refractivity contribution < 1.29 is 0 Å². The van der Waals surface area contributed by atoms with Gasteiger partial charge in [-0.3, -0.25) is 4.68 Å². The fourth-order valence-electron chi connectivity index (χ4n) is 1.55. The molecule has 0 bridgehead atoms. The summed E-state index contributed by atoms with van der Waals surface area (Å²) in [7, 11) is 1.93. The Balaban J connectivity index is 2.22. The van der Waals surface area contributed by atoms with E-state index in [1.165, 1.54) is 0 Å². The van der Waals surface area contributed by atoms with Crippen molar-refractivity contribution in [3.63, 3.8) is 0 Å². The zero-order valence-electron chi connectivity index (χ0n) is 9.15. The standard InChI is InChI=1S/C12H14ClN3/c1-14-6-7-16-9-10(8-15-16)11-4-2-3-5-12(11)13/h2-5,8-9,14H,6-7H2,1H3. The van der Waals surface area contributed by atoms with E-state index in [1.807, 2.05) is 48.4 Å². The number of rotatable bonds is 4. The minimum atomic E-state index is 0.760. The van der Waals surface area contributed by atoms with Crippen LogP contribution in [0.2, 0.25) is 5.02 Å². The van der Waals surface area contributed by atoms with Crippen LogP contribution in [-0.4, -0.2) is 23.4 Å². The molecule has 1 N–H and O–H groups in total. The molecule has 0 spiro atoms. The predicted octanol–water partition coefficient (Wildman–Crippen LogP) is 2.42. The van der Waals surface area contributed by atoms with Gasteiger partial charge in [-0.2, -0.15) is 5.10 Å². The third-order valence-electron chi connectivity index (χ3n) is 2.41. The van der Waals surface area contributed by atoms with Gasteiger partial charge in [-0.1, -0.05) is 29.8 Å². The summed E-state index contributed by atoms with van der Waals surface area (Å²) in [5.41, 5.74) is 2.08. The molecule has 0 aliphatic carbocycles. The Morgan fingerprint density at radius 3 is 2.94 bits per heavy atom. The van der Waals surface area contributed by atoms with Gasteiger partial charge >= 0.3 is 0 Å². The summed E-state index contributed by atoms with van der Waals surface area (Å²) >= 11 is 6.12. The molecule has 0 aliphatic heterocycles. The molecular weight excluding hydrogens is 222 g/mol. The van der Waals surface area contributed by atoms with Crippen molar-refractivity contribution in [1.29, 1.82) is 0 Å². The van der Waals surface area contributed by atoms with Gasteiger partial charge < -0.3 is 5.32 Å². The van der Waals surface area contributed by atoms with Gasteiger partial charge in [0.25, 0.3) is 0 Å². The summed E-state index contributed by atoms with van der Waals surface area (Å²) in [4.78, 5) is 0. The van der Waals surface area contributed by atoms with E-state index in [2.05, 4.69) is 10.4 Å². The first-order valence-corrected chi connectivity index (χ1v) is 5.61. The largest absolute Gasteiger partial charge is 0.318 e. The molecule has 0 atom stereocenters. The Hall–Kier alpha value is -1.32. The van der Waals surface area contributed by atoms with Gasteiger partial charge in [-0.05, 0) is 13.1 Å². The van der Waals surface area contributed by atoms with Crippen molar-refractivity contribution in [1.82, 2.24) is 15.1 Å². The number of hydrogen-bond donors (Lipinski definition) is 1. The molecule has 3 nitrogen and oxygen atoms in total. The molecule has 1 aromatic heterocycles. The van der Waals surface area contributed by atoms with Gasteiger partial charge in [0, 0.05) is 28.9 Å². The second-order valence-electron chi connectivity index (χ2n) is 3.58. The summed E-state index contributed by atoms with van der Waals surface area (Å²) in [5, 5.41) is 8.14. The van der Waals surface area contributed by atoms with Crippen LogP contribution in [0.15, 0.2) is 36.7 Å². The number of hydrogen-bond acceptors (Lipinski definition) is 2. The molecule has 84 valence electrons. The average Bonchev–Trinajstić information content (AvgIpc) is 2.75. The molecule has 2 aromatic rings. The first-order chi connectivity index (χ1) is 7.81. The van der Waals surface area contributed by atoms with Crippen molar-refractivity contribution >= 4 is 11.6 Å². The monoisotopic (exact) mass is 235 g/mol. The summed E-state index contributed by atoms with van der Waals surface area (Å²) < 4.78 is 1.91. The third kappa shape index (κ3) is 2.43. The van der Waals surface area contributed by atoms with Crippen LogP contribution in [0.3, 0.4) is 0 Å². The molecule has 0 saturated carbocycles. The van der Waals surface area contributed by atoms with Crippen molar-refractivity contribution in [2.75, 3.05) is 13.6 Å². The van der Waals surface area contributed by atoms with E-state index >= 15 is 0 Å². The highest BCUT2D eigenvalue weighted by atomic mass is 35.5. The minimum absolute atomic E-state index is 0.760. The zero-order chi connectivity index (χ0) is 11.4. The van der Waals surface area contributed by atoms with E-state index in [1.54, 1.807) is 0 Å². The van der Waals surface area contributed by atoms with Gasteiger partial charge in [0.15, 0.2) is 0 Å². The lowest BCUT2D eigenvalue weighted by molar-refractivity contribution is 0.585. The molecule has 4 heteroatoms. The molecule has 0 saturated heterocycles. The number of likely N-dealkylation sites (N-methyl/N-ethyl adjacent to an activating group) is 1. The second-order valence-corrected chi connectivity index (χ2v) is 3.98. The fourth-order valence-corrected chi connectivity index (χ4v) is 1.79. The lowest BCUT2D eigenvalue weighted by Gasteiger charge is -2.00. The molecule has 2 rings (SSSR count). The van der Waals surface area contributed by atoms with E-state index in [-0.39, 0.29) is 0 Å². The van der Waals surface area contributed by atoms with Crippen LogP contribution in [0.25, 0.3) is 11.1 Å². The van der Waals surface area contributed by atoms with Crippen LogP contribution >= 0.6 is 11.6 Å². The normalized spacial score (nSPS) is 10.6. The highest BCUT2D eigenvalue weighted by Crippen LogP contribution is 2.26. The molecule has 0 fully saturated rings. The predicted molar refractivity (Wildman–Crippen MR) is 66.6 cm³/mol. The Morgan fingerprint density at radius 2 is 2.19 bits per heavy atom. The van der Waals surface area contributed by atoms with Crippen molar-refractivity contribution in [3.05, 3.63) is 41.7 Å². The Kier molecular flexibility index (Phi) is 3.59. The Morgan fingerprint density at radius 1 is 1.38 bits per heavy atom. The first kappa shape index (κ1) is 11.2. The number of aromatic nitrogens is 2. The lowest BCUT2D eigenvalue weighted by atomic mass is 10.1. The average molecular weight is 236 g/mol. The summed E-state index contributed by atoms with van der Waals surface area (Å²) in [6.07, 6.45) is 3.86. The van der Waals surface area contributed by atoms with Crippen molar-refractivity contribution in [2.45, 2.75) is 6.54 Å². The van der Waals surface area contributed by atoms with E-state index in [0.29, 0.717) is 0 Å². The molecule has 1 heterocycles. The summed E-state index contributed by atoms with van der Waals surface area (Å²) in [5.74, 6) is 0. The number of nitrogens with one attached hydrogen (secondary N) is 1. The van der Waals surface area contributed by atoms with Crippen LogP contribution in [0.4, 0.5) is 0 Å². The van der Waals surface area contributed by atoms with Crippen LogP contribution in [-0.2, 0) is 6.54 Å². The van der Waals surface area contributed by atoms with E-state index < -0.39 is 0 Å². The Labute approximate surface area is 100 Å². The van der Waals surface area contributed by atoms with Gasteiger partial charge in [-0.25, -0.2) is 0 Å². The zero-order valence-corrected chi connectivity index (χ0v) is 9.91. The van der Waals surface area contributed by atoms with Crippen LogP contribution in [0.5, 0.6) is 0 Å². The second kappa shape index (κ2) is 5.14. The number of nitrogens with zero attached hydrogens (tertiary/aromatic N) is 2. The van der Waals surface area contributed by atoms with Gasteiger partial charge in [0.2, 0.25) is 0 Å². The van der Waals surface area contributed by atoms with Crippen LogP contribution in [0.1, 0.15) is 0 Å². The SMILES string of the molecule is CNCCn1cc(-c2ccccc2Cl)cn1. The molecule has 16 heavy (non-hydrogen) atoms. The van der Waals surface area contributed by atoms with Gasteiger partial charge in [-0.15, -0.1) is 0 Å². The smallest absolute Gasteiger partial charge is 0.0568 e. The maximum Gasteiger partial charge on any atom is 0.0568 e. The summed E-state index contributed by atoms with van der Waals surface area (Å²) in [6.45, 7) is 1.77. The highest BCUT2D eigenvalue weighted by molar-refractivity contribution is 6.33. The van der Waals surface area contributed by atoms with Crippen LogP contribution in [0, 0.1) is 0 Å². The summed E-state index contributed by atoms with van der Waals surface area (Å²) in [6, 6.07) is 7.80. The molecule has 0 aliphatic rings. The number of halogens is 1. The molecule has 0 radical (unpaired) electrons. The minimum Gasteiger partial charge on any atom is -0.318 e. The number of benzene rings is 1. The van der Waals surface area contributed by atoms with Crippen molar-refractivity contribution in [3.8, 4) is 11.1 Å². The lowest BCUT2D eigenvalue weighted by Crippen LogP contribution is -2.14. The van der Waals surface area contributed by atoms with Gasteiger partial charge in [0.05, 0.1) is 12.7 Å². The van der Waals surface area contributed by atoms with E-state index in [0.717, 1.165) is 29.2 Å². The van der Waals surface area contributed by atoms with Crippen molar-refractivity contribution in [2.24, 2.45) is 0 Å². The highest BCUT2D eigenvalue weighted by Gasteiger charge is 2.04.